The normalized spacial score (nSPS) is 22.1. The Morgan fingerprint density at radius 1 is 1.04 bits per heavy atom. The van der Waals surface area contributed by atoms with Crippen LogP contribution in [0.2, 0.25) is 5.02 Å². The van der Waals surface area contributed by atoms with Gasteiger partial charge in [-0.05, 0) is 99.3 Å². The molecule has 2 heterocycles. The fourth-order valence-electron chi connectivity index (χ4n) is 4.81. The van der Waals surface area contributed by atoms with E-state index in [0.717, 1.165) is 10.9 Å². The lowest BCUT2D eigenvalue weighted by atomic mass is 9.84. The van der Waals surface area contributed by atoms with Crippen molar-refractivity contribution in [3.8, 4) is 0 Å². The van der Waals surface area contributed by atoms with Crippen LogP contribution in [-0.2, 0) is 13.5 Å². The van der Waals surface area contributed by atoms with Crippen molar-refractivity contribution in [2.24, 2.45) is 7.05 Å². The quantitative estimate of drug-likeness (QED) is 0.715. The summed E-state index contributed by atoms with van der Waals surface area (Å²) in [6.07, 6.45) is 10.1. The molecule has 0 saturated carbocycles. The zero-order chi connectivity index (χ0) is 17.2. The molecule has 2 aliphatic rings. The van der Waals surface area contributed by atoms with Crippen LogP contribution in [0.15, 0.2) is 36.5 Å². The van der Waals surface area contributed by atoms with E-state index in [-0.39, 0.29) is 0 Å². The van der Waals surface area contributed by atoms with E-state index in [2.05, 4.69) is 40.9 Å². The molecular weight excluding hydrogens is 328 g/mol. The minimum Gasteiger partial charge on any atom is -0.354 e. The van der Waals surface area contributed by atoms with Crippen molar-refractivity contribution in [3.05, 3.63) is 58.4 Å². The first-order chi connectivity index (χ1) is 12.2. The van der Waals surface area contributed by atoms with E-state index in [1.54, 1.807) is 11.3 Å². The van der Waals surface area contributed by atoms with Crippen LogP contribution in [0.5, 0.6) is 0 Å². The summed E-state index contributed by atoms with van der Waals surface area (Å²) in [5.41, 5.74) is 4.67. The lowest BCUT2D eigenvalue weighted by Crippen LogP contribution is -2.34. The maximum absolute atomic E-state index is 6.02. The molecule has 0 N–H and O–H groups in total. The zero-order valence-electron chi connectivity index (χ0n) is 15.3. The second-order valence-electron chi connectivity index (χ2n) is 7.87. The molecule has 1 aromatic carbocycles. The summed E-state index contributed by atoms with van der Waals surface area (Å²) >= 11 is 6.02. The third-order valence-electron chi connectivity index (χ3n) is 6.37. The van der Waals surface area contributed by atoms with Gasteiger partial charge in [0, 0.05) is 24.0 Å². The van der Waals surface area contributed by atoms with Crippen molar-refractivity contribution in [1.29, 1.82) is 0 Å². The molecule has 0 bridgehead atoms. The number of fused-ring (bicyclic) bond motifs is 1. The SMILES string of the molecule is Cn1ccc2c1CCCC2CCN1CCC(c2ccc(Cl)cc2)CC1. The third-order valence-corrected chi connectivity index (χ3v) is 6.62. The van der Waals surface area contributed by atoms with E-state index < -0.39 is 0 Å². The Labute approximate surface area is 156 Å². The van der Waals surface area contributed by atoms with Gasteiger partial charge < -0.3 is 9.47 Å². The highest BCUT2D eigenvalue weighted by Gasteiger charge is 2.25. The van der Waals surface area contributed by atoms with Crippen molar-refractivity contribution < 1.29 is 0 Å². The average molecular weight is 357 g/mol. The Balaban J connectivity index is 1.29. The van der Waals surface area contributed by atoms with Gasteiger partial charge in [-0.25, -0.2) is 0 Å². The van der Waals surface area contributed by atoms with E-state index >= 15 is 0 Å². The number of aromatic nitrogens is 1. The first-order valence-electron chi connectivity index (χ1n) is 9.82. The molecule has 134 valence electrons. The predicted molar refractivity (Wildman–Crippen MR) is 106 cm³/mol. The largest absolute Gasteiger partial charge is 0.354 e. The van der Waals surface area contributed by atoms with Gasteiger partial charge in [0.1, 0.15) is 0 Å². The molecule has 25 heavy (non-hydrogen) atoms. The van der Waals surface area contributed by atoms with Gasteiger partial charge in [0.15, 0.2) is 0 Å². The number of aryl methyl sites for hydroxylation is 1. The van der Waals surface area contributed by atoms with Crippen LogP contribution >= 0.6 is 11.6 Å². The molecule has 1 aliphatic carbocycles. The highest BCUT2D eigenvalue weighted by Crippen LogP contribution is 2.35. The molecule has 0 spiro atoms. The van der Waals surface area contributed by atoms with Gasteiger partial charge in [-0.1, -0.05) is 23.7 Å². The maximum Gasteiger partial charge on any atom is 0.0406 e. The molecule has 1 unspecified atom stereocenters. The first kappa shape index (κ1) is 17.2. The summed E-state index contributed by atoms with van der Waals surface area (Å²) in [7, 11) is 2.20. The number of benzene rings is 1. The Kier molecular flexibility index (Phi) is 5.19. The second-order valence-corrected chi connectivity index (χ2v) is 8.31. The summed E-state index contributed by atoms with van der Waals surface area (Å²) in [6.45, 7) is 3.73. The number of nitrogens with zero attached hydrogens (tertiary/aromatic N) is 2. The number of hydrogen-bond donors (Lipinski definition) is 0. The van der Waals surface area contributed by atoms with Gasteiger partial charge in [0.2, 0.25) is 0 Å². The molecule has 1 aliphatic heterocycles. The standard InChI is InChI=1S/C22H29ClN2/c1-24-13-12-21-19(3-2-4-22(21)24)11-16-25-14-9-18(10-15-25)17-5-7-20(23)8-6-17/h5-8,12-13,18-19H,2-4,9-11,14-16H2,1H3. The highest BCUT2D eigenvalue weighted by atomic mass is 35.5. The minimum atomic E-state index is 0.712. The third kappa shape index (κ3) is 3.80. The van der Waals surface area contributed by atoms with Crippen molar-refractivity contribution in [3.63, 3.8) is 0 Å². The number of hydrogen-bond acceptors (Lipinski definition) is 1. The van der Waals surface area contributed by atoms with E-state index in [4.69, 9.17) is 11.6 Å². The molecule has 2 nitrogen and oxygen atoms in total. The van der Waals surface area contributed by atoms with Crippen LogP contribution in [0.25, 0.3) is 0 Å². The summed E-state index contributed by atoms with van der Waals surface area (Å²) in [5.74, 6) is 1.49. The maximum atomic E-state index is 6.02. The van der Waals surface area contributed by atoms with Crippen molar-refractivity contribution in [1.82, 2.24) is 9.47 Å². The van der Waals surface area contributed by atoms with Gasteiger partial charge in [-0.15, -0.1) is 0 Å². The fraction of sp³-hybridized carbons (Fsp3) is 0.545. The number of halogens is 1. The topological polar surface area (TPSA) is 8.17 Å². The van der Waals surface area contributed by atoms with Crippen LogP contribution in [-0.4, -0.2) is 29.1 Å². The van der Waals surface area contributed by atoms with Crippen LogP contribution in [0.3, 0.4) is 0 Å². The van der Waals surface area contributed by atoms with E-state index in [1.807, 2.05) is 12.1 Å². The summed E-state index contributed by atoms with van der Waals surface area (Å²) in [6, 6.07) is 10.8. The van der Waals surface area contributed by atoms with E-state index in [0.29, 0.717) is 5.92 Å². The van der Waals surface area contributed by atoms with Gasteiger partial charge in [-0.3, -0.25) is 0 Å². The van der Waals surface area contributed by atoms with Gasteiger partial charge in [0.05, 0.1) is 0 Å². The van der Waals surface area contributed by atoms with Crippen molar-refractivity contribution >= 4 is 11.6 Å². The van der Waals surface area contributed by atoms with E-state index in [9.17, 15) is 0 Å². The molecule has 1 atom stereocenters. The predicted octanol–water partition coefficient (Wildman–Crippen LogP) is 5.37. The minimum absolute atomic E-state index is 0.712. The Morgan fingerprint density at radius 3 is 2.56 bits per heavy atom. The monoisotopic (exact) mass is 356 g/mol. The molecule has 2 aromatic rings. The highest BCUT2D eigenvalue weighted by molar-refractivity contribution is 6.30. The second kappa shape index (κ2) is 7.55. The number of rotatable bonds is 4. The first-order valence-corrected chi connectivity index (χ1v) is 10.2. The number of piperidine rings is 1. The smallest absolute Gasteiger partial charge is 0.0406 e. The Bertz CT molecular complexity index is 695. The zero-order valence-corrected chi connectivity index (χ0v) is 16.0. The molecule has 4 rings (SSSR count). The fourth-order valence-corrected chi connectivity index (χ4v) is 4.93. The van der Waals surface area contributed by atoms with Crippen LogP contribution in [0.1, 0.15) is 60.8 Å². The van der Waals surface area contributed by atoms with Gasteiger partial charge in [-0.2, -0.15) is 0 Å². The molecule has 0 radical (unpaired) electrons. The molecule has 1 saturated heterocycles. The average Bonchev–Trinajstić information content (AvgIpc) is 3.03. The summed E-state index contributed by atoms with van der Waals surface area (Å²) in [4.78, 5) is 2.68. The van der Waals surface area contributed by atoms with Crippen LogP contribution in [0, 0.1) is 0 Å². The lowest BCUT2D eigenvalue weighted by molar-refractivity contribution is 0.203. The van der Waals surface area contributed by atoms with Gasteiger partial charge in [0.25, 0.3) is 0 Å². The summed E-state index contributed by atoms with van der Waals surface area (Å²) < 4.78 is 2.33. The summed E-state index contributed by atoms with van der Waals surface area (Å²) in [5, 5.41) is 0.842. The molecule has 3 heteroatoms. The molecule has 1 aromatic heterocycles. The van der Waals surface area contributed by atoms with Crippen molar-refractivity contribution in [2.75, 3.05) is 19.6 Å². The Hall–Kier alpha value is -1.25. The Morgan fingerprint density at radius 2 is 1.80 bits per heavy atom. The van der Waals surface area contributed by atoms with Crippen molar-refractivity contribution in [2.45, 2.75) is 50.4 Å². The molecular formula is C22H29ClN2. The number of likely N-dealkylation sites (tertiary alicyclic amines) is 1. The lowest BCUT2D eigenvalue weighted by Gasteiger charge is -2.33. The molecule has 0 amide bonds. The van der Waals surface area contributed by atoms with Crippen LogP contribution < -0.4 is 0 Å². The van der Waals surface area contributed by atoms with Gasteiger partial charge >= 0.3 is 0 Å². The molecule has 1 fully saturated rings. The van der Waals surface area contributed by atoms with Crippen LogP contribution in [0.4, 0.5) is 0 Å². The van der Waals surface area contributed by atoms with E-state index in [1.165, 1.54) is 63.7 Å².